The number of urea groups is 1. The summed E-state index contributed by atoms with van der Waals surface area (Å²) in [6.07, 6.45) is 0. The molecule has 0 saturated carbocycles. The first kappa shape index (κ1) is 15.8. The molecule has 6 nitrogen and oxygen atoms in total. The molecular formula is C17H16FN3O3. The van der Waals surface area contributed by atoms with Crippen LogP contribution in [0, 0.1) is 5.82 Å². The van der Waals surface area contributed by atoms with E-state index in [1.807, 2.05) is 24.3 Å². The van der Waals surface area contributed by atoms with Gasteiger partial charge in [-0.15, -0.1) is 0 Å². The Morgan fingerprint density at radius 1 is 1.12 bits per heavy atom. The molecule has 3 N–H and O–H groups in total. The van der Waals surface area contributed by atoms with Crippen LogP contribution in [0.25, 0.3) is 0 Å². The zero-order chi connectivity index (χ0) is 16.9. The third-order valence-electron chi connectivity index (χ3n) is 3.54. The van der Waals surface area contributed by atoms with Gasteiger partial charge >= 0.3 is 6.03 Å². The highest BCUT2D eigenvalue weighted by atomic mass is 19.1. The van der Waals surface area contributed by atoms with Gasteiger partial charge in [0.1, 0.15) is 18.2 Å². The highest BCUT2D eigenvalue weighted by Crippen LogP contribution is 2.31. The summed E-state index contributed by atoms with van der Waals surface area (Å²) in [7, 11) is 0. The summed E-state index contributed by atoms with van der Waals surface area (Å²) in [4.78, 5) is 23.7. The van der Waals surface area contributed by atoms with Gasteiger partial charge in [-0.1, -0.05) is 18.2 Å². The third kappa shape index (κ3) is 3.81. The minimum atomic E-state index is -0.463. The van der Waals surface area contributed by atoms with Crippen molar-refractivity contribution in [2.24, 2.45) is 0 Å². The summed E-state index contributed by atoms with van der Waals surface area (Å²) in [6, 6.07) is 12.1. The molecule has 7 heteroatoms. The molecule has 0 radical (unpaired) electrons. The molecule has 24 heavy (non-hydrogen) atoms. The minimum absolute atomic E-state index is 0.196. The predicted octanol–water partition coefficient (Wildman–Crippen LogP) is 2.20. The number of amides is 3. The molecule has 0 saturated heterocycles. The van der Waals surface area contributed by atoms with E-state index in [2.05, 4.69) is 16.0 Å². The first-order chi connectivity index (χ1) is 11.6. The van der Waals surface area contributed by atoms with Crippen molar-refractivity contribution in [3.8, 4) is 5.75 Å². The lowest BCUT2D eigenvalue weighted by atomic mass is 10.1. The van der Waals surface area contributed by atoms with Crippen LogP contribution in [-0.2, 0) is 4.79 Å². The number of hydrogen-bond donors (Lipinski definition) is 3. The van der Waals surface area contributed by atoms with Crippen LogP contribution in [0.15, 0.2) is 48.5 Å². The molecule has 1 heterocycles. The van der Waals surface area contributed by atoms with Crippen LogP contribution in [0.2, 0.25) is 0 Å². The molecule has 0 aliphatic carbocycles. The Morgan fingerprint density at radius 3 is 2.67 bits per heavy atom. The predicted molar refractivity (Wildman–Crippen MR) is 86.2 cm³/mol. The molecule has 124 valence electrons. The van der Waals surface area contributed by atoms with Crippen LogP contribution in [0.4, 0.5) is 14.9 Å². The Morgan fingerprint density at radius 2 is 1.88 bits per heavy atom. The fourth-order valence-corrected chi connectivity index (χ4v) is 2.39. The third-order valence-corrected chi connectivity index (χ3v) is 3.54. The fraction of sp³-hybridized carbons (Fsp3) is 0.176. The van der Waals surface area contributed by atoms with Gasteiger partial charge in [-0.2, -0.15) is 0 Å². The summed E-state index contributed by atoms with van der Waals surface area (Å²) < 4.78 is 18.3. The molecule has 3 amide bonds. The number of nitrogens with one attached hydrogen (secondary N) is 3. The quantitative estimate of drug-likeness (QED) is 0.804. The lowest BCUT2D eigenvalue weighted by molar-refractivity contribution is -0.115. The Kier molecular flexibility index (Phi) is 4.60. The summed E-state index contributed by atoms with van der Waals surface area (Å²) in [5, 5.41) is 7.80. The second kappa shape index (κ2) is 6.99. The van der Waals surface area contributed by atoms with Crippen molar-refractivity contribution < 1.29 is 18.7 Å². The van der Waals surface area contributed by atoms with Crippen molar-refractivity contribution in [1.29, 1.82) is 0 Å². The molecule has 0 fully saturated rings. The molecule has 2 aromatic carbocycles. The topological polar surface area (TPSA) is 79.5 Å². The molecule has 3 rings (SSSR count). The smallest absolute Gasteiger partial charge is 0.315 e. The Hall–Kier alpha value is -3.09. The van der Waals surface area contributed by atoms with Crippen molar-refractivity contribution in [2.75, 3.05) is 18.5 Å². The lowest BCUT2D eigenvalue weighted by Crippen LogP contribution is -2.42. The summed E-state index contributed by atoms with van der Waals surface area (Å²) >= 11 is 0. The highest BCUT2D eigenvalue weighted by molar-refractivity contribution is 5.94. The van der Waals surface area contributed by atoms with E-state index in [4.69, 9.17) is 4.74 Å². The van der Waals surface area contributed by atoms with E-state index in [1.54, 1.807) is 0 Å². The average Bonchev–Trinajstić information content (AvgIpc) is 2.98. The van der Waals surface area contributed by atoms with Gasteiger partial charge in [0.15, 0.2) is 0 Å². The molecule has 1 aliphatic heterocycles. The van der Waals surface area contributed by atoms with Crippen LogP contribution in [0.5, 0.6) is 5.75 Å². The van der Waals surface area contributed by atoms with Gasteiger partial charge in [0.05, 0.1) is 12.6 Å². The zero-order valence-corrected chi connectivity index (χ0v) is 12.7. The van der Waals surface area contributed by atoms with Gasteiger partial charge in [-0.3, -0.25) is 4.79 Å². The van der Waals surface area contributed by atoms with E-state index in [-0.39, 0.29) is 18.4 Å². The van der Waals surface area contributed by atoms with Gasteiger partial charge in [0.25, 0.3) is 0 Å². The average molecular weight is 329 g/mol. The molecular weight excluding hydrogens is 313 g/mol. The van der Waals surface area contributed by atoms with E-state index in [1.165, 1.54) is 24.3 Å². The van der Waals surface area contributed by atoms with Crippen LogP contribution in [0.1, 0.15) is 11.6 Å². The molecule has 2 aromatic rings. The van der Waals surface area contributed by atoms with E-state index in [0.29, 0.717) is 12.3 Å². The molecule has 0 aromatic heterocycles. The number of rotatable bonds is 4. The van der Waals surface area contributed by atoms with Gasteiger partial charge < -0.3 is 20.7 Å². The van der Waals surface area contributed by atoms with Gasteiger partial charge in [0, 0.05) is 11.3 Å². The van der Waals surface area contributed by atoms with Crippen LogP contribution in [-0.4, -0.2) is 25.1 Å². The maximum atomic E-state index is 12.8. The second-order valence-electron chi connectivity index (χ2n) is 5.28. The summed E-state index contributed by atoms with van der Waals surface area (Å²) in [5.41, 5.74) is 1.37. The fourth-order valence-electron chi connectivity index (χ4n) is 2.39. The van der Waals surface area contributed by atoms with Crippen molar-refractivity contribution in [2.45, 2.75) is 6.04 Å². The second-order valence-corrected chi connectivity index (χ2v) is 5.28. The number of para-hydroxylation sites is 1. The molecule has 1 atom stereocenters. The molecule has 0 bridgehead atoms. The summed E-state index contributed by atoms with van der Waals surface area (Å²) in [5.74, 6) is -0.0405. The SMILES string of the molecule is O=C(CNC(=O)N[C@@H]1COc2ccccc21)Nc1ccc(F)cc1. The van der Waals surface area contributed by atoms with Gasteiger partial charge in [-0.25, -0.2) is 9.18 Å². The first-order valence-corrected chi connectivity index (χ1v) is 7.43. The largest absolute Gasteiger partial charge is 0.491 e. The van der Waals surface area contributed by atoms with Crippen molar-refractivity contribution in [3.63, 3.8) is 0 Å². The van der Waals surface area contributed by atoms with E-state index < -0.39 is 11.9 Å². The number of carbonyl (C=O) groups excluding carboxylic acids is 2. The minimum Gasteiger partial charge on any atom is -0.491 e. The standard InChI is InChI=1S/C17H16FN3O3/c18-11-5-7-12(8-6-11)20-16(22)9-19-17(23)21-14-10-24-15-4-2-1-3-13(14)15/h1-8,14H,9-10H2,(H,20,22)(H2,19,21,23)/t14-/m1/s1. The normalized spacial score (nSPS) is 15.1. The van der Waals surface area contributed by atoms with Crippen LogP contribution < -0.4 is 20.7 Å². The van der Waals surface area contributed by atoms with Crippen molar-refractivity contribution in [3.05, 3.63) is 59.9 Å². The molecule has 1 aliphatic rings. The van der Waals surface area contributed by atoms with Crippen molar-refractivity contribution in [1.82, 2.24) is 10.6 Å². The lowest BCUT2D eigenvalue weighted by Gasteiger charge is -2.13. The van der Waals surface area contributed by atoms with Crippen LogP contribution in [0.3, 0.4) is 0 Å². The Labute approximate surface area is 138 Å². The maximum Gasteiger partial charge on any atom is 0.315 e. The number of carbonyl (C=O) groups is 2. The number of ether oxygens (including phenoxy) is 1. The number of benzene rings is 2. The zero-order valence-electron chi connectivity index (χ0n) is 12.7. The number of fused-ring (bicyclic) bond motifs is 1. The van der Waals surface area contributed by atoms with E-state index >= 15 is 0 Å². The first-order valence-electron chi connectivity index (χ1n) is 7.43. The van der Waals surface area contributed by atoms with Crippen molar-refractivity contribution >= 4 is 17.6 Å². The number of anilines is 1. The Balaban J connectivity index is 1.46. The van der Waals surface area contributed by atoms with Crippen LogP contribution >= 0.6 is 0 Å². The monoisotopic (exact) mass is 329 g/mol. The van der Waals surface area contributed by atoms with E-state index in [9.17, 15) is 14.0 Å². The van der Waals surface area contributed by atoms with Gasteiger partial charge in [0.2, 0.25) is 5.91 Å². The number of hydrogen-bond acceptors (Lipinski definition) is 3. The molecule has 0 spiro atoms. The Bertz CT molecular complexity index is 749. The maximum absolute atomic E-state index is 12.8. The summed E-state index contributed by atoms with van der Waals surface area (Å²) in [6.45, 7) is 0.160. The molecule has 0 unspecified atom stereocenters. The van der Waals surface area contributed by atoms with E-state index in [0.717, 1.165) is 11.3 Å². The number of halogens is 1. The van der Waals surface area contributed by atoms with Gasteiger partial charge in [-0.05, 0) is 30.3 Å². The highest BCUT2D eigenvalue weighted by Gasteiger charge is 2.25.